The molecule has 1 N–H and O–H groups in total. The Hall–Kier alpha value is -3.07. The topological polar surface area (TPSA) is 102 Å². The van der Waals surface area contributed by atoms with Crippen LogP contribution in [-0.2, 0) is 19.6 Å². The minimum absolute atomic E-state index is 0.231. The maximum atomic E-state index is 12.9. The summed E-state index contributed by atoms with van der Waals surface area (Å²) in [5.74, 6) is -0.589. The van der Waals surface area contributed by atoms with Gasteiger partial charge in [-0.2, -0.15) is 0 Å². The summed E-state index contributed by atoms with van der Waals surface area (Å²) in [6.45, 7) is 5.19. The summed E-state index contributed by atoms with van der Waals surface area (Å²) < 4.78 is 36.1. The van der Waals surface area contributed by atoms with E-state index in [1.54, 1.807) is 44.2 Å². The molecule has 0 aromatic heterocycles. The molecule has 0 saturated carbocycles. The number of hydrogen-bond donors (Lipinski definition) is 1. The molecule has 8 nitrogen and oxygen atoms in total. The van der Waals surface area contributed by atoms with E-state index in [4.69, 9.17) is 9.47 Å². The van der Waals surface area contributed by atoms with E-state index in [2.05, 4.69) is 5.32 Å². The number of nitrogens with zero attached hydrogens (tertiary/aromatic N) is 1. The molecule has 0 fully saturated rings. The molecule has 1 atom stereocenters. The molecule has 1 amide bonds. The molecule has 0 heterocycles. The van der Waals surface area contributed by atoms with Crippen molar-refractivity contribution in [3.63, 3.8) is 0 Å². The van der Waals surface area contributed by atoms with E-state index in [0.717, 1.165) is 16.1 Å². The third kappa shape index (κ3) is 5.50. The zero-order chi connectivity index (χ0) is 22.5. The summed E-state index contributed by atoms with van der Waals surface area (Å²) >= 11 is 0. The summed E-state index contributed by atoms with van der Waals surface area (Å²) in [6.07, 6.45) is 1.03. The lowest BCUT2D eigenvalue weighted by molar-refractivity contribution is -0.116. The molecule has 2 aromatic carbocycles. The molecule has 0 saturated heterocycles. The number of methoxy groups -OCH3 is 1. The molecule has 9 heteroatoms. The van der Waals surface area contributed by atoms with Crippen LogP contribution in [0.25, 0.3) is 0 Å². The van der Waals surface area contributed by atoms with Gasteiger partial charge in [0.2, 0.25) is 15.9 Å². The Morgan fingerprint density at radius 3 is 2.47 bits per heavy atom. The number of sulfonamides is 1. The summed E-state index contributed by atoms with van der Waals surface area (Å²) in [7, 11) is -2.30. The predicted molar refractivity (Wildman–Crippen MR) is 116 cm³/mol. The van der Waals surface area contributed by atoms with Crippen molar-refractivity contribution in [2.75, 3.05) is 29.6 Å². The second-order valence-corrected chi connectivity index (χ2v) is 8.54. The molecule has 2 aromatic rings. The fourth-order valence-electron chi connectivity index (χ4n) is 2.89. The highest BCUT2D eigenvalue weighted by atomic mass is 32.2. The number of amides is 1. The second-order valence-electron chi connectivity index (χ2n) is 6.68. The number of aryl methyl sites for hydroxylation is 1. The number of benzene rings is 2. The molecule has 0 aliphatic carbocycles. The zero-order valence-corrected chi connectivity index (χ0v) is 18.4. The average Bonchev–Trinajstić information content (AvgIpc) is 2.68. The first-order valence-corrected chi connectivity index (χ1v) is 11.2. The fourth-order valence-corrected chi connectivity index (χ4v) is 4.06. The summed E-state index contributed by atoms with van der Waals surface area (Å²) in [5.41, 5.74) is 1.71. The maximum absolute atomic E-state index is 12.9. The molecule has 0 aliphatic rings. The Morgan fingerprint density at radius 1 is 1.17 bits per heavy atom. The van der Waals surface area contributed by atoms with E-state index in [0.29, 0.717) is 17.1 Å². The van der Waals surface area contributed by atoms with Gasteiger partial charge in [0.1, 0.15) is 11.8 Å². The SMILES string of the molecule is CCOC(=O)c1ccc(C)c(NC(=O)C(C)N(c2cccc(OC)c2)S(C)(=O)=O)c1. The van der Waals surface area contributed by atoms with Gasteiger partial charge >= 0.3 is 5.97 Å². The second kappa shape index (κ2) is 9.62. The average molecular weight is 435 g/mol. The Balaban J connectivity index is 2.34. The van der Waals surface area contributed by atoms with E-state index in [9.17, 15) is 18.0 Å². The van der Waals surface area contributed by atoms with Gasteiger partial charge in [-0.25, -0.2) is 13.2 Å². The van der Waals surface area contributed by atoms with Crippen LogP contribution in [0.3, 0.4) is 0 Å². The van der Waals surface area contributed by atoms with Gasteiger partial charge in [0.15, 0.2) is 0 Å². The van der Waals surface area contributed by atoms with Gasteiger partial charge in [0, 0.05) is 11.8 Å². The quantitative estimate of drug-likeness (QED) is 0.641. The monoisotopic (exact) mass is 434 g/mol. The highest BCUT2D eigenvalue weighted by Crippen LogP contribution is 2.26. The van der Waals surface area contributed by atoms with Crippen molar-refractivity contribution in [1.82, 2.24) is 0 Å². The maximum Gasteiger partial charge on any atom is 0.338 e. The van der Waals surface area contributed by atoms with Gasteiger partial charge < -0.3 is 14.8 Å². The van der Waals surface area contributed by atoms with Gasteiger partial charge in [0.25, 0.3) is 0 Å². The highest BCUT2D eigenvalue weighted by Gasteiger charge is 2.29. The highest BCUT2D eigenvalue weighted by molar-refractivity contribution is 7.92. The van der Waals surface area contributed by atoms with Crippen molar-refractivity contribution in [2.24, 2.45) is 0 Å². The largest absolute Gasteiger partial charge is 0.497 e. The molecule has 0 bridgehead atoms. The lowest BCUT2D eigenvalue weighted by atomic mass is 10.1. The first-order valence-electron chi connectivity index (χ1n) is 9.30. The molecule has 30 heavy (non-hydrogen) atoms. The number of carbonyl (C=O) groups excluding carboxylic acids is 2. The van der Waals surface area contributed by atoms with Gasteiger partial charge in [0.05, 0.1) is 31.2 Å². The third-order valence-corrected chi connectivity index (χ3v) is 5.64. The molecular weight excluding hydrogens is 408 g/mol. The van der Waals surface area contributed by atoms with E-state index in [-0.39, 0.29) is 12.2 Å². The molecule has 0 spiro atoms. The van der Waals surface area contributed by atoms with Crippen LogP contribution in [0.1, 0.15) is 29.8 Å². The normalized spacial score (nSPS) is 12.0. The minimum atomic E-state index is -3.78. The fraction of sp³-hybridized carbons (Fsp3) is 0.333. The molecule has 1 unspecified atom stereocenters. The number of anilines is 2. The number of rotatable bonds is 8. The van der Waals surface area contributed by atoms with E-state index in [1.807, 2.05) is 0 Å². The first kappa shape index (κ1) is 23.2. The zero-order valence-electron chi connectivity index (χ0n) is 17.6. The minimum Gasteiger partial charge on any atom is -0.497 e. The van der Waals surface area contributed by atoms with Crippen molar-refractivity contribution in [3.8, 4) is 5.75 Å². The molecular formula is C21H26N2O6S. The van der Waals surface area contributed by atoms with Crippen LogP contribution >= 0.6 is 0 Å². The van der Waals surface area contributed by atoms with Crippen LogP contribution < -0.4 is 14.4 Å². The Kier molecular flexibility index (Phi) is 7.44. The molecule has 162 valence electrons. The van der Waals surface area contributed by atoms with Crippen molar-refractivity contribution in [3.05, 3.63) is 53.6 Å². The van der Waals surface area contributed by atoms with Crippen LogP contribution in [0, 0.1) is 6.92 Å². The van der Waals surface area contributed by atoms with E-state index >= 15 is 0 Å². The molecule has 0 aliphatic heterocycles. The smallest absolute Gasteiger partial charge is 0.338 e. The van der Waals surface area contributed by atoms with Crippen LogP contribution in [0.15, 0.2) is 42.5 Å². The molecule has 2 rings (SSSR count). The number of esters is 1. The lowest BCUT2D eigenvalue weighted by Crippen LogP contribution is -2.45. The Bertz CT molecular complexity index is 1040. The number of hydrogen-bond acceptors (Lipinski definition) is 6. The number of ether oxygens (including phenoxy) is 2. The van der Waals surface area contributed by atoms with Gasteiger partial charge in [-0.3, -0.25) is 9.10 Å². The van der Waals surface area contributed by atoms with Gasteiger partial charge in [-0.15, -0.1) is 0 Å². The number of carbonyl (C=O) groups is 2. The van der Waals surface area contributed by atoms with Crippen molar-refractivity contribution >= 4 is 33.3 Å². The Morgan fingerprint density at radius 2 is 1.87 bits per heavy atom. The van der Waals surface area contributed by atoms with E-state index < -0.39 is 27.9 Å². The summed E-state index contributed by atoms with van der Waals surface area (Å²) in [4.78, 5) is 24.9. The van der Waals surface area contributed by atoms with Crippen LogP contribution in [-0.4, -0.2) is 46.3 Å². The third-order valence-electron chi connectivity index (χ3n) is 4.40. The first-order chi connectivity index (χ1) is 14.1. The molecule has 0 radical (unpaired) electrons. The van der Waals surface area contributed by atoms with E-state index in [1.165, 1.54) is 26.2 Å². The lowest BCUT2D eigenvalue weighted by Gasteiger charge is -2.28. The van der Waals surface area contributed by atoms with Crippen molar-refractivity contribution in [1.29, 1.82) is 0 Å². The number of nitrogens with one attached hydrogen (secondary N) is 1. The predicted octanol–water partition coefficient (Wildman–Crippen LogP) is 2.97. The standard InChI is InChI=1S/C21H26N2O6S/c1-6-29-21(25)16-11-10-14(2)19(12-16)22-20(24)15(3)23(30(5,26)27)17-8-7-9-18(13-17)28-4/h7-13,15H,6H2,1-5H3,(H,22,24). The van der Waals surface area contributed by atoms with Crippen LogP contribution in [0.4, 0.5) is 11.4 Å². The van der Waals surface area contributed by atoms with Crippen LogP contribution in [0.2, 0.25) is 0 Å². The van der Waals surface area contributed by atoms with Gasteiger partial charge in [-0.05, 0) is 50.6 Å². The van der Waals surface area contributed by atoms with Gasteiger partial charge in [-0.1, -0.05) is 12.1 Å². The van der Waals surface area contributed by atoms with Crippen molar-refractivity contribution in [2.45, 2.75) is 26.8 Å². The van der Waals surface area contributed by atoms with Crippen molar-refractivity contribution < 1.29 is 27.5 Å². The Labute approximate surface area is 176 Å². The summed E-state index contributed by atoms with van der Waals surface area (Å²) in [6, 6.07) is 10.2. The summed E-state index contributed by atoms with van der Waals surface area (Å²) in [5, 5.41) is 2.71. The van der Waals surface area contributed by atoms with Crippen LogP contribution in [0.5, 0.6) is 5.75 Å².